The van der Waals surface area contributed by atoms with Crippen molar-refractivity contribution in [3.05, 3.63) is 40.8 Å². The van der Waals surface area contributed by atoms with Crippen molar-refractivity contribution in [3.63, 3.8) is 0 Å². The number of benzene rings is 1. The Kier molecular flexibility index (Phi) is 2.78. The van der Waals surface area contributed by atoms with E-state index >= 15 is 0 Å². The second-order valence-electron chi connectivity index (χ2n) is 5.69. The third kappa shape index (κ3) is 2.32. The Hall–Kier alpha value is -1.55. The molecule has 0 aliphatic carbocycles. The maximum atomic E-state index is 5.84. The number of hydrogen-bond acceptors (Lipinski definition) is 2. The third-order valence-corrected chi connectivity index (χ3v) is 3.49. The van der Waals surface area contributed by atoms with Crippen molar-refractivity contribution in [2.45, 2.75) is 26.2 Å². The Morgan fingerprint density at radius 2 is 2.00 bits per heavy atom. The summed E-state index contributed by atoms with van der Waals surface area (Å²) in [6.07, 6.45) is 1.78. The second kappa shape index (κ2) is 4.23. The lowest BCUT2D eigenvalue weighted by molar-refractivity contribution is 0.398. The Bertz CT molecular complexity index is 734. The number of rotatable bonds is 1. The SMILES string of the molecule is CC(C)(C)c1ncc(-c2cc3cc(Br)ccc3[nH]2)o1. The quantitative estimate of drug-likeness (QED) is 0.694. The summed E-state index contributed by atoms with van der Waals surface area (Å²) < 4.78 is 6.91. The van der Waals surface area contributed by atoms with Crippen LogP contribution in [0.2, 0.25) is 0 Å². The first-order valence-electron chi connectivity index (χ1n) is 6.18. The summed E-state index contributed by atoms with van der Waals surface area (Å²) in [7, 11) is 0. The van der Waals surface area contributed by atoms with E-state index in [9.17, 15) is 0 Å². The molecule has 2 aromatic heterocycles. The number of nitrogens with one attached hydrogen (secondary N) is 1. The minimum atomic E-state index is -0.0761. The minimum absolute atomic E-state index is 0.0761. The number of H-pyrrole nitrogens is 1. The van der Waals surface area contributed by atoms with Gasteiger partial charge in [0.15, 0.2) is 11.7 Å². The normalized spacial score (nSPS) is 12.2. The van der Waals surface area contributed by atoms with Crippen LogP contribution in [-0.2, 0) is 5.41 Å². The van der Waals surface area contributed by atoms with Crippen molar-refractivity contribution in [2.75, 3.05) is 0 Å². The molecule has 0 fully saturated rings. The number of fused-ring (bicyclic) bond motifs is 1. The summed E-state index contributed by atoms with van der Waals surface area (Å²) >= 11 is 3.48. The zero-order valence-electron chi connectivity index (χ0n) is 11.1. The van der Waals surface area contributed by atoms with Gasteiger partial charge in [-0.25, -0.2) is 4.98 Å². The molecule has 3 nitrogen and oxygen atoms in total. The summed E-state index contributed by atoms with van der Waals surface area (Å²) in [6.45, 7) is 6.26. The molecule has 3 aromatic rings. The summed E-state index contributed by atoms with van der Waals surface area (Å²) in [4.78, 5) is 7.70. The van der Waals surface area contributed by atoms with E-state index in [0.717, 1.165) is 32.7 Å². The molecule has 0 amide bonds. The Labute approximate surface area is 120 Å². The standard InChI is InChI=1S/C15H15BrN2O/c1-15(2,3)14-17-8-13(19-14)12-7-9-6-10(16)4-5-11(9)18-12/h4-8,18H,1-3H3. The predicted molar refractivity (Wildman–Crippen MR) is 80.2 cm³/mol. The largest absolute Gasteiger partial charge is 0.439 e. The maximum Gasteiger partial charge on any atom is 0.200 e. The van der Waals surface area contributed by atoms with E-state index < -0.39 is 0 Å². The lowest BCUT2D eigenvalue weighted by Gasteiger charge is -2.11. The molecule has 0 spiro atoms. The van der Waals surface area contributed by atoms with Gasteiger partial charge in [-0.05, 0) is 24.3 Å². The van der Waals surface area contributed by atoms with Gasteiger partial charge in [-0.3, -0.25) is 0 Å². The van der Waals surface area contributed by atoms with Crippen LogP contribution in [0.5, 0.6) is 0 Å². The first-order valence-corrected chi connectivity index (χ1v) is 6.98. The number of aromatic nitrogens is 2. The highest BCUT2D eigenvalue weighted by Gasteiger charge is 2.21. The van der Waals surface area contributed by atoms with Crippen molar-refractivity contribution in [3.8, 4) is 11.5 Å². The lowest BCUT2D eigenvalue weighted by atomic mass is 9.97. The van der Waals surface area contributed by atoms with Gasteiger partial charge in [-0.2, -0.15) is 0 Å². The van der Waals surface area contributed by atoms with E-state index in [-0.39, 0.29) is 5.41 Å². The zero-order valence-corrected chi connectivity index (χ0v) is 12.7. The second-order valence-corrected chi connectivity index (χ2v) is 6.61. The first kappa shape index (κ1) is 12.5. The Morgan fingerprint density at radius 3 is 2.68 bits per heavy atom. The fourth-order valence-electron chi connectivity index (χ4n) is 1.98. The molecule has 4 heteroatoms. The van der Waals surface area contributed by atoms with Crippen LogP contribution in [0, 0.1) is 0 Å². The highest BCUT2D eigenvalue weighted by atomic mass is 79.9. The molecular formula is C15H15BrN2O. The van der Waals surface area contributed by atoms with Crippen LogP contribution in [0.1, 0.15) is 26.7 Å². The topological polar surface area (TPSA) is 41.8 Å². The lowest BCUT2D eigenvalue weighted by Crippen LogP contribution is -2.10. The fourth-order valence-corrected chi connectivity index (χ4v) is 2.36. The van der Waals surface area contributed by atoms with Crippen LogP contribution >= 0.6 is 15.9 Å². The monoisotopic (exact) mass is 318 g/mol. The van der Waals surface area contributed by atoms with Gasteiger partial charge in [0.1, 0.15) is 0 Å². The number of halogens is 1. The van der Waals surface area contributed by atoms with Crippen LogP contribution in [0.3, 0.4) is 0 Å². The van der Waals surface area contributed by atoms with Gasteiger partial charge in [0, 0.05) is 20.8 Å². The minimum Gasteiger partial charge on any atom is -0.439 e. The third-order valence-electron chi connectivity index (χ3n) is 3.00. The average Bonchev–Trinajstić information content (AvgIpc) is 2.92. The highest BCUT2D eigenvalue weighted by molar-refractivity contribution is 9.10. The van der Waals surface area contributed by atoms with Gasteiger partial charge < -0.3 is 9.40 Å². The number of aromatic amines is 1. The fraction of sp³-hybridized carbons (Fsp3) is 0.267. The van der Waals surface area contributed by atoms with Crippen LogP contribution < -0.4 is 0 Å². The van der Waals surface area contributed by atoms with Crippen molar-refractivity contribution in [1.82, 2.24) is 9.97 Å². The predicted octanol–water partition coefficient (Wildman–Crippen LogP) is 4.88. The molecule has 0 unspecified atom stereocenters. The van der Waals surface area contributed by atoms with E-state index in [4.69, 9.17) is 4.42 Å². The molecule has 19 heavy (non-hydrogen) atoms. The molecule has 1 N–H and O–H groups in total. The van der Waals surface area contributed by atoms with Crippen molar-refractivity contribution in [2.24, 2.45) is 0 Å². The molecular weight excluding hydrogens is 304 g/mol. The molecule has 0 bridgehead atoms. The first-order chi connectivity index (χ1) is 8.93. The maximum absolute atomic E-state index is 5.84. The molecule has 0 radical (unpaired) electrons. The number of nitrogens with zero attached hydrogens (tertiary/aromatic N) is 1. The molecule has 0 saturated heterocycles. The van der Waals surface area contributed by atoms with Gasteiger partial charge in [0.2, 0.25) is 0 Å². The van der Waals surface area contributed by atoms with E-state index in [1.807, 2.05) is 12.1 Å². The van der Waals surface area contributed by atoms with E-state index in [1.165, 1.54) is 0 Å². The van der Waals surface area contributed by atoms with Gasteiger partial charge in [0.25, 0.3) is 0 Å². The van der Waals surface area contributed by atoms with Gasteiger partial charge in [0.05, 0.1) is 11.9 Å². The van der Waals surface area contributed by atoms with Gasteiger partial charge in [-0.1, -0.05) is 36.7 Å². The summed E-state index contributed by atoms with van der Waals surface area (Å²) in [6, 6.07) is 8.22. The molecule has 3 rings (SSSR count). The Morgan fingerprint density at radius 1 is 1.21 bits per heavy atom. The van der Waals surface area contributed by atoms with Gasteiger partial charge in [-0.15, -0.1) is 0 Å². The van der Waals surface area contributed by atoms with E-state index in [0.29, 0.717) is 0 Å². The molecule has 1 aromatic carbocycles. The van der Waals surface area contributed by atoms with E-state index in [2.05, 4.69) is 58.8 Å². The number of oxazole rings is 1. The molecule has 0 aliphatic rings. The summed E-state index contributed by atoms with van der Waals surface area (Å²) in [5, 5.41) is 1.15. The molecule has 0 aliphatic heterocycles. The summed E-state index contributed by atoms with van der Waals surface area (Å²) in [5.74, 6) is 1.53. The summed E-state index contributed by atoms with van der Waals surface area (Å²) in [5.41, 5.74) is 1.97. The smallest absolute Gasteiger partial charge is 0.200 e. The Balaban J connectivity index is 2.07. The molecule has 98 valence electrons. The van der Waals surface area contributed by atoms with Gasteiger partial charge >= 0.3 is 0 Å². The average molecular weight is 319 g/mol. The highest BCUT2D eigenvalue weighted by Crippen LogP contribution is 2.29. The van der Waals surface area contributed by atoms with Crippen molar-refractivity contribution >= 4 is 26.8 Å². The van der Waals surface area contributed by atoms with Crippen molar-refractivity contribution in [1.29, 1.82) is 0 Å². The number of hydrogen-bond donors (Lipinski definition) is 1. The van der Waals surface area contributed by atoms with Crippen molar-refractivity contribution < 1.29 is 4.42 Å². The molecule has 0 saturated carbocycles. The zero-order chi connectivity index (χ0) is 13.6. The van der Waals surface area contributed by atoms with E-state index in [1.54, 1.807) is 6.20 Å². The molecule has 0 atom stereocenters. The molecule has 2 heterocycles. The van der Waals surface area contributed by atoms with Crippen LogP contribution in [0.15, 0.2) is 39.4 Å². The van der Waals surface area contributed by atoms with Crippen LogP contribution in [-0.4, -0.2) is 9.97 Å². The van der Waals surface area contributed by atoms with Crippen LogP contribution in [0.25, 0.3) is 22.4 Å². The van der Waals surface area contributed by atoms with Crippen LogP contribution in [0.4, 0.5) is 0 Å².